The molecule has 0 saturated carbocycles. The zero-order chi connectivity index (χ0) is 13.5. The van der Waals surface area contributed by atoms with Crippen LogP contribution in [0.5, 0.6) is 0 Å². The van der Waals surface area contributed by atoms with E-state index in [2.05, 4.69) is 16.7 Å². The second-order valence-corrected chi connectivity index (χ2v) is 4.90. The van der Waals surface area contributed by atoms with Crippen LogP contribution in [0.3, 0.4) is 0 Å². The van der Waals surface area contributed by atoms with E-state index in [0.29, 0.717) is 0 Å². The lowest BCUT2D eigenvalue weighted by atomic mass is 10.1. The zero-order valence-corrected chi connectivity index (χ0v) is 11.4. The summed E-state index contributed by atoms with van der Waals surface area (Å²) in [6.07, 6.45) is 3.94. The van der Waals surface area contributed by atoms with Crippen molar-refractivity contribution in [3.8, 4) is 0 Å². The number of hydrogen-bond donors (Lipinski definition) is 2. The Morgan fingerprint density at radius 2 is 2.21 bits per heavy atom. The maximum absolute atomic E-state index is 12.0. The Balaban J connectivity index is 1.66. The Morgan fingerprint density at radius 1 is 1.37 bits per heavy atom. The summed E-state index contributed by atoms with van der Waals surface area (Å²) >= 11 is 0. The smallest absolute Gasteiger partial charge is 0.242 e. The highest BCUT2D eigenvalue weighted by atomic mass is 16.5. The largest absolute Gasteiger partial charge is 0.385 e. The summed E-state index contributed by atoms with van der Waals surface area (Å²) in [5.74, 6) is 0.0999. The number of fused-ring (bicyclic) bond motifs is 1. The topological polar surface area (TPSA) is 50.4 Å². The standard InChI is InChI=1S/C15H22N2O2/c1-19-10-6-2-5-9-16-15(18)14-11-12-7-3-4-8-13(12)17-14/h3-4,7-8,14,17H,2,5-6,9-11H2,1H3,(H,16,18). The van der Waals surface area contributed by atoms with Crippen molar-refractivity contribution in [3.63, 3.8) is 0 Å². The van der Waals surface area contributed by atoms with Gasteiger partial charge in [-0.15, -0.1) is 0 Å². The van der Waals surface area contributed by atoms with Gasteiger partial charge in [0.2, 0.25) is 5.91 Å². The third-order valence-corrected chi connectivity index (χ3v) is 3.41. The number of carbonyl (C=O) groups excluding carboxylic acids is 1. The number of anilines is 1. The third-order valence-electron chi connectivity index (χ3n) is 3.41. The fraction of sp³-hybridized carbons (Fsp3) is 0.533. The van der Waals surface area contributed by atoms with Crippen molar-refractivity contribution in [1.29, 1.82) is 0 Å². The average molecular weight is 262 g/mol. The predicted octanol–water partition coefficient (Wildman–Crippen LogP) is 1.96. The van der Waals surface area contributed by atoms with Crippen molar-refractivity contribution < 1.29 is 9.53 Å². The third kappa shape index (κ3) is 3.96. The van der Waals surface area contributed by atoms with E-state index in [-0.39, 0.29) is 11.9 Å². The molecule has 1 aliphatic heterocycles. The van der Waals surface area contributed by atoms with Crippen molar-refractivity contribution in [2.75, 3.05) is 25.6 Å². The van der Waals surface area contributed by atoms with Gasteiger partial charge >= 0.3 is 0 Å². The minimum Gasteiger partial charge on any atom is -0.385 e. The van der Waals surface area contributed by atoms with E-state index in [0.717, 1.165) is 44.5 Å². The van der Waals surface area contributed by atoms with Crippen LogP contribution >= 0.6 is 0 Å². The van der Waals surface area contributed by atoms with E-state index in [1.807, 2.05) is 18.2 Å². The van der Waals surface area contributed by atoms with Gasteiger partial charge in [-0.3, -0.25) is 4.79 Å². The molecule has 0 saturated heterocycles. The first-order valence-corrected chi connectivity index (χ1v) is 6.92. The molecule has 1 heterocycles. The Kier molecular flexibility index (Phi) is 5.21. The van der Waals surface area contributed by atoms with Crippen LogP contribution in [0.4, 0.5) is 5.69 Å². The van der Waals surface area contributed by atoms with Crippen LogP contribution in [0.2, 0.25) is 0 Å². The Hall–Kier alpha value is -1.55. The van der Waals surface area contributed by atoms with E-state index in [4.69, 9.17) is 4.74 Å². The van der Waals surface area contributed by atoms with Gasteiger partial charge in [-0.05, 0) is 30.9 Å². The molecule has 1 unspecified atom stereocenters. The van der Waals surface area contributed by atoms with E-state index in [9.17, 15) is 4.79 Å². The van der Waals surface area contributed by atoms with Gasteiger partial charge in [0.15, 0.2) is 0 Å². The number of carbonyl (C=O) groups is 1. The number of methoxy groups -OCH3 is 1. The number of nitrogens with one attached hydrogen (secondary N) is 2. The molecule has 2 N–H and O–H groups in total. The normalized spacial score (nSPS) is 16.8. The molecule has 0 fully saturated rings. The maximum atomic E-state index is 12.0. The molecular formula is C15H22N2O2. The van der Waals surface area contributed by atoms with Crippen LogP contribution in [0.15, 0.2) is 24.3 Å². The summed E-state index contributed by atoms with van der Waals surface area (Å²) in [5.41, 5.74) is 2.31. The molecule has 0 radical (unpaired) electrons. The fourth-order valence-electron chi connectivity index (χ4n) is 2.34. The molecule has 1 atom stereocenters. The number of hydrogen-bond acceptors (Lipinski definition) is 3. The van der Waals surface area contributed by atoms with E-state index >= 15 is 0 Å². The number of amides is 1. The number of unbranched alkanes of at least 4 members (excludes halogenated alkanes) is 2. The van der Waals surface area contributed by atoms with Gasteiger partial charge in [0, 0.05) is 32.4 Å². The lowest BCUT2D eigenvalue weighted by molar-refractivity contribution is -0.121. The van der Waals surface area contributed by atoms with Gasteiger partial charge in [0.1, 0.15) is 6.04 Å². The van der Waals surface area contributed by atoms with E-state index in [1.54, 1.807) is 7.11 Å². The molecule has 1 aliphatic rings. The lowest BCUT2D eigenvalue weighted by Crippen LogP contribution is -2.38. The summed E-state index contributed by atoms with van der Waals surface area (Å²) in [6, 6.07) is 7.98. The zero-order valence-electron chi connectivity index (χ0n) is 11.4. The van der Waals surface area contributed by atoms with Crippen LogP contribution in [-0.2, 0) is 16.0 Å². The monoisotopic (exact) mass is 262 g/mol. The van der Waals surface area contributed by atoms with Crippen molar-refractivity contribution in [2.24, 2.45) is 0 Å². The minimum absolute atomic E-state index is 0.0999. The number of ether oxygens (including phenoxy) is 1. The van der Waals surface area contributed by atoms with Crippen LogP contribution in [0, 0.1) is 0 Å². The quantitative estimate of drug-likeness (QED) is 0.739. The highest BCUT2D eigenvalue weighted by molar-refractivity contribution is 5.87. The Labute approximate surface area is 114 Å². The van der Waals surface area contributed by atoms with Crippen molar-refractivity contribution in [2.45, 2.75) is 31.7 Å². The first-order chi connectivity index (χ1) is 9.31. The first-order valence-electron chi connectivity index (χ1n) is 6.92. The summed E-state index contributed by atoms with van der Waals surface area (Å²) in [7, 11) is 1.71. The van der Waals surface area contributed by atoms with Gasteiger partial charge in [0.05, 0.1) is 0 Å². The summed E-state index contributed by atoms with van der Waals surface area (Å²) in [4.78, 5) is 12.0. The average Bonchev–Trinajstić information content (AvgIpc) is 2.86. The lowest BCUT2D eigenvalue weighted by Gasteiger charge is -2.11. The molecule has 0 aliphatic carbocycles. The van der Waals surface area contributed by atoms with E-state index < -0.39 is 0 Å². The van der Waals surface area contributed by atoms with Crippen LogP contribution in [0.25, 0.3) is 0 Å². The van der Waals surface area contributed by atoms with Crippen molar-refractivity contribution in [1.82, 2.24) is 5.32 Å². The molecule has 104 valence electrons. The van der Waals surface area contributed by atoms with Gasteiger partial charge in [-0.25, -0.2) is 0 Å². The SMILES string of the molecule is COCCCCCNC(=O)C1Cc2ccccc2N1. The number of benzene rings is 1. The Bertz CT molecular complexity index is 395. The van der Waals surface area contributed by atoms with Crippen LogP contribution < -0.4 is 10.6 Å². The molecule has 0 bridgehead atoms. The minimum atomic E-state index is -0.114. The van der Waals surface area contributed by atoms with Crippen molar-refractivity contribution >= 4 is 11.6 Å². The molecule has 4 nitrogen and oxygen atoms in total. The summed E-state index contributed by atoms with van der Waals surface area (Å²) in [5, 5.41) is 6.26. The fourth-order valence-corrected chi connectivity index (χ4v) is 2.34. The summed E-state index contributed by atoms with van der Waals surface area (Å²) in [6.45, 7) is 1.55. The molecule has 0 aromatic heterocycles. The van der Waals surface area contributed by atoms with Crippen molar-refractivity contribution in [3.05, 3.63) is 29.8 Å². The molecule has 1 aromatic rings. The molecule has 2 rings (SSSR count). The van der Waals surface area contributed by atoms with E-state index in [1.165, 1.54) is 5.56 Å². The Morgan fingerprint density at radius 3 is 3.00 bits per heavy atom. The first kappa shape index (κ1) is 13.9. The van der Waals surface area contributed by atoms with Crippen LogP contribution in [-0.4, -0.2) is 32.2 Å². The molecule has 0 spiro atoms. The second-order valence-electron chi connectivity index (χ2n) is 4.90. The van der Waals surface area contributed by atoms with Crippen LogP contribution in [0.1, 0.15) is 24.8 Å². The van der Waals surface area contributed by atoms with Gasteiger partial charge in [-0.1, -0.05) is 18.2 Å². The maximum Gasteiger partial charge on any atom is 0.242 e. The number of para-hydroxylation sites is 1. The molecule has 1 aromatic carbocycles. The molecular weight excluding hydrogens is 240 g/mol. The highest BCUT2D eigenvalue weighted by Crippen LogP contribution is 2.24. The predicted molar refractivity (Wildman–Crippen MR) is 76.3 cm³/mol. The summed E-state index contributed by atoms with van der Waals surface area (Å²) < 4.78 is 4.99. The molecule has 1 amide bonds. The van der Waals surface area contributed by atoms with Gasteiger partial charge in [0.25, 0.3) is 0 Å². The van der Waals surface area contributed by atoms with Gasteiger partial charge in [-0.2, -0.15) is 0 Å². The van der Waals surface area contributed by atoms with Gasteiger partial charge < -0.3 is 15.4 Å². The molecule has 19 heavy (non-hydrogen) atoms. The second kappa shape index (κ2) is 7.14. The highest BCUT2D eigenvalue weighted by Gasteiger charge is 2.25. The molecule has 4 heteroatoms. The number of rotatable bonds is 7.